The minimum Gasteiger partial charge on any atom is -0.492 e. The summed E-state index contributed by atoms with van der Waals surface area (Å²) in [6, 6.07) is 4.20. The quantitative estimate of drug-likeness (QED) is 0.432. The maximum Gasteiger partial charge on any atom is 0.273 e. The molecule has 1 aromatic rings. The fourth-order valence-electron chi connectivity index (χ4n) is 1.20. The van der Waals surface area contributed by atoms with E-state index in [2.05, 4.69) is 6.92 Å². The van der Waals surface area contributed by atoms with Gasteiger partial charge in [0.2, 0.25) is 0 Å². The number of ether oxygens (including phenoxy) is 1. The Kier molecular flexibility index (Phi) is 6.15. The molecule has 1 rings (SSSR count). The Balaban J connectivity index is 2.51. The van der Waals surface area contributed by atoms with E-state index in [1.807, 2.05) is 11.8 Å². The molecule has 0 unspecified atom stereocenters. The molecule has 4 nitrogen and oxygen atoms in total. The molecule has 0 bridgehead atoms. The zero-order valence-corrected chi connectivity index (χ0v) is 11.1. The predicted molar refractivity (Wildman–Crippen MR) is 71.2 cm³/mol. The maximum absolute atomic E-state index is 10.6. The number of nitrogens with zero attached hydrogens (tertiary/aromatic N) is 1. The van der Waals surface area contributed by atoms with Crippen LogP contribution in [0, 0.1) is 10.1 Å². The van der Waals surface area contributed by atoms with Gasteiger partial charge in [-0.3, -0.25) is 10.1 Å². The molecule has 94 valence electrons. The van der Waals surface area contributed by atoms with Gasteiger partial charge in [0.15, 0.2) is 0 Å². The van der Waals surface area contributed by atoms with E-state index in [0.29, 0.717) is 17.4 Å². The van der Waals surface area contributed by atoms with Crippen molar-refractivity contribution in [2.75, 3.05) is 18.1 Å². The average Bonchev–Trinajstić information content (AvgIpc) is 2.30. The Hall–Kier alpha value is -0.940. The first-order chi connectivity index (χ1) is 8.15. The summed E-state index contributed by atoms with van der Waals surface area (Å²) in [5.41, 5.74) is -0.00710. The molecule has 0 aliphatic carbocycles. The Labute approximate surface area is 109 Å². The van der Waals surface area contributed by atoms with Crippen molar-refractivity contribution in [3.05, 3.63) is 33.3 Å². The Morgan fingerprint density at radius 1 is 1.53 bits per heavy atom. The van der Waals surface area contributed by atoms with Gasteiger partial charge < -0.3 is 4.74 Å². The number of hydrogen-bond donors (Lipinski definition) is 0. The van der Waals surface area contributed by atoms with Gasteiger partial charge in [-0.15, -0.1) is 0 Å². The molecule has 0 amide bonds. The minimum absolute atomic E-state index is 0.00710. The number of thioether (sulfide) groups is 1. The van der Waals surface area contributed by atoms with Gasteiger partial charge in [-0.25, -0.2) is 0 Å². The number of rotatable bonds is 7. The fourth-order valence-corrected chi connectivity index (χ4v) is 1.99. The van der Waals surface area contributed by atoms with Crippen LogP contribution in [0.3, 0.4) is 0 Å². The maximum atomic E-state index is 10.6. The standard InChI is InChI=1S/C11H14ClNO3S/c1-2-17-7-3-6-16-11-8-9(13(14)15)4-5-10(11)12/h4-5,8H,2-3,6-7H2,1H3. The molecule has 0 heterocycles. The lowest BCUT2D eigenvalue weighted by Crippen LogP contribution is -2.00. The number of nitro benzene ring substituents is 1. The van der Waals surface area contributed by atoms with E-state index < -0.39 is 4.92 Å². The van der Waals surface area contributed by atoms with Crippen molar-refractivity contribution < 1.29 is 9.66 Å². The Bertz CT molecular complexity index is 387. The SMILES string of the molecule is CCSCCCOc1cc([N+](=O)[O-])ccc1Cl. The molecule has 0 aliphatic heterocycles. The fraction of sp³-hybridized carbons (Fsp3) is 0.455. The van der Waals surface area contributed by atoms with Crippen LogP contribution in [0.1, 0.15) is 13.3 Å². The molecular formula is C11H14ClNO3S. The van der Waals surface area contributed by atoms with Crippen LogP contribution < -0.4 is 4.74 Å². The van der Waals surface area contributed by atoms with Crippen molar-refractivity contribution in [3.8, 4) is 5.75 Å². The molecule has 17 heavy (non-hydrogen) atoms. The van der Waals surface area contributed by atoms with Crippen molar-refractivity contribution in [1.29, 1.82) is 0 Å². The van der Waals surface area contributed by atoms with Gasteiger partial charge in [0.1, 0.15) is 5.75 Å². The summed E-state index contributed by atoms with van der Waals surface area (Å²) in [7, 11) is 0. The first-order valence-corrected chi connectivity index (χ1v) is 6.83. The average molecular weight is 276 g/mol. The molecular weight excluding hydrogens is 262 g/mol. The van der Waals surface area contributed by atoms with Gasteiger partial charge in [0.05, 0.1) is 22.6 Å². The molecule has 6 heteroatoms. The highest BCUT2D eigenvalue weighted by atomic mass is 35.5. The molecule has 1 aromatic carbocycles. The van der Waals surface area contributed by atoms with E-state index in [1.165, 1.54) is 18.2 Å². The van der Waals surface area contributed by atoms with Crippen LogP contribution in [0.15, 0.2) is 18.2 Å². The van der Waals surface area contributed by atoms with Gasteiger partial charge in [-0.2, -0.15) is 11.8 Å². The summed E-state index contributed by atoms with van der Waals surface area (Å²) >= 11 is 7.72. The van der Waals surface area contributed by atoms with Crippen molar-refractivity contribution >= 4 is 29.1 Å². The van der Waals surface area contributed by atoms with E-state index in [9.17, 15) is 10.1 Å². The highest BCUT2D eigenvalue weighted by Gasteiger charge is 2.10. The van der Waals surface area contributed by atoms with Crippen LogP contribution >= 0.6 is 23.4 Å². The second-order valence-electron chi connectivity index (χ2n) is 3.27. The second kappa shape index (κ2) is 7.40. The van der Waals surface area contributed by atoms with E-state index in [0.717, 1.165) is 17.9 Å². The molecule has 0 aromatic heterocycles. The van der Waals surface area contributed by atoms with Crippen molar-refractivity contribution in [2.24, 2.45) is 0 Å². The first-order valence-electron chi connectivity index (χ1n) is 5.29. The van der Waals surface area contributed by atoms with Crippen LogP contribution in [0.2, 0.25) is 5.02 Å². The van der Waals surface area contributed by atoms with Crippen LogP contribution in [-0.2, 0) is 0 Å². The van der Waals surface area contributed by atoms with Gasteiger partial charge in [-0.05, 0) is 24.0 Å². The van der Waals surface area contributed by atoms with Gasteiger partial charge in [0, 0.05) is 6.07 Å². The summed E-state index contributed by atoms with van der Waals surface area (Å²) in [4.78, 5) is 10.1. The van der Waals surface area contributed by atoms with Crippen LogP contribution in [0.5, 0.6) is 5.75 Å². The number of benzene rings is 1. The number of non-ortho nitro benzene ring substituents is 1. The molecule has 0 saturated carbocycles. The summed E-state index contributed by atoms with van der Waals surface area (Å²) in [6.07, 6.45) is 0.900. The summed E-state index contributed by atoms with van der Waals surface area (Å²) in [5.74, 6) is 2.48. The third-order valence-corrected chi connectivity index (χ3v) is 3.32. The van der Waals surface area contributed by atoms with Crippen molar-refractivity contribution in [3.63, 3.8) is 0 Å². The number of hydrogen-bond acceptors (Lipinski definition) is 4. The molecule has 0 radical (unpaired) electrons. The zero-order chi connectivity index (χ0) is 12.7. The van der Waals surface area contributed by atoms with E-state index >= 15 is 0 Å². The topological polar surface area (TPSA) is 52.4 Å². The third kappa shape index (κ3) is 4.83. The van der Waals surface area contributed by atoms with E-state index in [1.54, 1.807) is 0 Å². The molecule has 0 spiro atoms. The van der Waals surface area contributed by atoms with Gasteiger partial charge in [-0.1, -0.05) is 18.5 Å². The minimum atomic E-state index is -0.462. The molecule has 0 fully saturated rings. The smallest absolute Gasteiger partial charge is 0.273 e. The van der Waals surface area contributed by atoms with Crippen LogP contribution in [0.25, 0.3) is 0 Å². The molecule has 0 saturated heterocycles. The van der Waals surface area contributed by atoms with E-state index in [4.69, 9.17) is 16.3 Å². The highest BCUT2D eigenvalue weighted by Crippen LogP contribution is 2.28. The number of halogens is 1. The summed E-state index contributed by atoms with van der Waals surface area (Å²) in [6.45, 7) is 2.62. The first kappa shape index (κ1) is 14.1. The lowest BCUT2D eigenvalue weighted by molar-refractivity contribution is -0.384. The van der Waals surface area contributed by atoms with Crippen LogP contribution in [0.4, 0.5) is 5.69 Å². The monoisotopic (exact) mass is 275 g/mol. The largest absolute Gasteiger partial charge is 0.492 e. The van der Waals surface area contributed by atoms with Gasteiger partial charge in [0.25, 0.3) is 5.69 Å². The van der Waals surface area contributed by atoms with Crippen LogP contribution in [-0.4, -0.2) is 23.0 Å². The third-order valence-electron chi connectivity index (χ3n) is 2.02. The highest BCUT2D eigenvalue weighted by molar-refractivity contribution is 7.99. The summed E-state index contributed by atoms with van der Waals surface area (Å²) < 4.78 is 5.42. The molecule has 0 N–H and O–H groups in total. The molecule has 0 atom stereocenters. The van der Waals surface area contributed by atoms with Gasteiger partial charge >= 0.3 is 0 Å². The lowest BCUT2D eigenvalue weighted by Gasteiger charge is -2.07. The van der Waals surface area contributed by atoms with E-state index in [-0.39, 0.29) is 5.69 Å². The normalized spacial score (nSPS) is 10.2. The lowest BCUT2D eigenvalue weighted by atomic mass is 10.3. The Morgan fingerprint density at radius 2 is 2.29 bits per heavy atom. The number of nitro groups is 1. The predicted octanol–water partition coefficient (Wildman–Crippen LogP) is 3.77. The van der Waals surface area contributed by atoms with Crippen molar-refractivity contribution in [1.82, 2.24) is 0 Å². The summed E-state index contributed by atoms with van der Waals surface area (Å²) in [5, 5.41) is 11.0. The molecule has 0 aliphatic rings. The Morgan fingerprint density at radius 3 is 2.94 bits per heavy atom. The second-order valence-corrected chi connectivity index (χ2v) is 5.07. The zero-order valence-electron chi connectivity index (χ0n) is 9.52. The van der Waals surface area contributed by atoms with Crippen molar-refractivity contribution in [2.45, 2.75) is 13.3 Å².